The first-order chi connectivity index (χ1) is 20.0. The minimum Gasteiger partial charge on any atom is -0.295 e. The number of likely N-dealkylation sites (tertiary alicyclic amines) is 1. The molecule has 6 rings (SSSR count). The Morgan fingerprint density at radius 1 is 0.707 bits per heavy atom. The minimum absolute atomic E-state index is 0.129. The molecule has 12 nitrogen and oxygen atoms in total. The largest absolute Gasteiger partial charge is 0.295 e. The van der Waals surface area contributed by atoms with Gasteiger partial charge in [-0.3, -0.25) is 62.8 Å². The Morgan fingerprint density at radius 2 is 1.10 bits per heavy atom. The van der Waals surface area contributed by atoms with Crippen LogP contribution in [0.3, 0.4) is 0 Å². The number of halogens is 1. The standard InChI is InChI=1S/C14H12N2O4.C13H10N2O4.CH3F/c1-15-11(17)7-6-10(14(15)20)16-12(18)8-4-2-3-5-9(8)13(16)19;16-10-6-5-9(11(17)14-10)15-12(18)7-3-1-2-4-8(7)13(15)19;1-2/h2-5,10H,6-7H2,1H3;1-4,9H,5-6H2,(H,14,16,17);1H3/i;;1D. The zero-order valence-corrected chi connectivity index (χ0v) is 21.8. The van der Waals surface area contributed by atoms with Crippen LogP contribution in [0.1, 0.15) is 68.5 Å². The molecule has 4 aliphatic heterocycles. The Kier molecular flexibility index (Phi) is 7.77. The third-order valence-corrected chi connectivity index (χ3v) is 7.11. The van der Waals surface area contributed by atoms with Gasteiger partial charge in [-0.1, -0.05) is 24.3 Å². The maximum atomic E-state index is 12.3. The lowest BCUT2D eigenvalue weighted by Crippen LogP contribution is -2.54. The number of nitrogens with zero attached hydrogens (tertiary/aromatic N) is 3. The van der Waals surface area contributed by atoms with Crippen LogP contribution in [0.5, 0.6) is 0 Å². The van der Waals surface area contributed by atoms with Crippen molar-refractivity contribution >= 4 is 47.3 Å². The van der Waals surface area contributed by atoms with Crippen LogP contribution < -0.4 is 5.32 Å². The third-order valence-electron chi connectivity index (χ3n) is 7.11. The summed E-state index contributed by atoms with van der Waals surface area (Å²) in [5, 5.41) is 2.15. The van der Waals surface area contributed by atoms with E-state index in [4.69, 9.17) is 1.37 Å². The molecule has 212 valence electrons. The highest BCUT2D eigenvalue weighted by Gasteiger charge is 2.46. The van der Waals surface area contributed by atoms with Crippen LogP contribution >= 0.6 is 0 Å². The third kappa shape index (κ3) is 5.01. The zero-order chi connectivity index (χ0) is 30.7. The first kappa shape index (κ1) is 27.5. The monoisotopic (exact) mass is 565 g/mol. The van der Waals surface area contributed by atoms with Gasteiger partial charge in [0.05, 0.1) is 30.8 Å². The van der Waals surface area contributed by atoms with Crippen molar-refractivity contribution in [1.82, 2.24) is 20.0 Å². The first-order valence-corrected chi connectivity index (χ1v) is 12.5. The topological polar surface area (TPSA) is 158 Å². The minimum atomic E-state index is -1.00. The second-order valence-corrected chi connectivity index (χ2v) is 9.36. The van der Waals surface area contributed by atoms with E-state index in [1.165, 1.54) is 7.05 Å². The predicted octanol–water partition coefficient (Wildman–Crippen LogP) is 1.10. The van der Waals surface area contributed by atoms with Crippen LogP contribution in [-0.2, 0) is 19.2 Å². The van der Waals surface area contributed by atoms with E-state index >= 15 is 0 Å². The zero-order valence-electron chi connectivity index (χ0n) is 22.8. The maximum Gasteiger partial charge on any atom is 0.262 e. The molecule has 2 aromatic rings. The fraction of sp³-hybridized carbons (Fsp3) is 0.286. The average molecular weight is 566 g/mol. The molecule has 2 fully saturated rings. The Bertz CT molecular complexity index is 1460. The van der Waals surface area contributed by atoms with Gasteiger partial charge in [-0.05, 0) is 37.1 Å². The van der Waals surface area contributed by atoms with E-state index in [1.807, 2.05) is 0 Å². The number of carbonyl (C=O) groups excluding carboxylic acids is 8. The van der Waals surface area contributed by atoms with Gasteiger partial charge in [0.1, 0.15) is 12.1 Å². The molecule has 8 amide bonds. The number of benzene rings is 2. The molecule has 0 bridgehead atoms. The van der Waals surface area contributed by atoms with Gasteiger partial charge >= 0.3 is 0 Å². The van der Waals surface area contributed by atoms with Crippen molar-refractivity contribution in [3.05, 3.63) is 70.8 Å². The van der Waals surface area contributed by atoms with Crippen LogP contribution in [0, 0.1) is 0 Å². The van der Waals surface area contributed by atoms with Crippen LogP contribution in [0.15, 0.2) is 48.5 Å². The summed E-state index contributed by atoms with van der Waals surface area (Å²) in [5.74, 6) is -3.65. The van der Waals surface area contributed by atoms with E-state index in [-0.39, 0.29) is 37.5 Å². The molecule has 4 heterocycles. The van der Waals surface area contributed by atoms with Crippen molar-refractivity contribution in [2.75, 3.05) is 14.2 Å². The summed E-state index contributed by atoms with van der Waals surface area (Å²) < 4.78 is 15.5. The molecule has 4 aliphatic rings. The Morgan fingerprint density at radius 3 is 1.51 bits per heavy atom. The van der Waals surface area contributed by atoms with Crippen LogP contribution in [0.4, 0.5) is 4.39 Å². The van der Waals surface area contributed by atoms with Crippen molar-refractivity contribution in [2.24, 2.45) is 0 Å². The second-order valence-electron chi connectivity index (χ2n) is 9.36. The summed E-state index contributed by atoms with van der Waals surface area (Å²) in [5.41, 5.74) is 1.23. The fourth-order valence-electron chi connectivity index (χ4n) is 5.05. The smallest absolute Gasteiger partial charge is 0.262 e. The quantitative estimate of drug-likeness (QED) is 0.531. The van der Waals surface area contributed by atoms with E-state index in [0.717, 1.165) is 14.7 Å². The van der Waals surface area contributed by atoms with E-state index in [0.29, 0.717) is 22.3 Å². The van der Waals surface area contributed by atoms with Crippen LogP contribution in [-0.4, -0.2) is 88.2 Å². The molecule has 0 radical (unpaired) electrons. The highest BCUT2D eigenvalue weighted by molar-refractivity contribution is 6.24. The molecular formula is C28H25FN4O8. The predicted molar refractivity (Wildman–Crippen MR) is 138 cm³/mol. The van der Waals surface area contributed by atoms with Gasteiger partial charge in [-0.25, -0.2) is 0 Å². The highest BCUT2D eigenvalue weighted by Crippen LogP contribution is 2.29. The van der Waals surface area contributed by atoms with Crippen LogP contribution in [0.2, 0.25) is 0 Å². The molecule has 2 saturated heterocycles. The number of nitrogens with one attached hydrogen (secondary N) is 1. The number of amides is 8. The van der Waals surface area contributed by atoms with Crippen molar-refractivity contribution in [2.45, 2.75) is 37.8 Å². The van der Waals surface area contributed by atoms with Gasteiger partial charge in [0.15, 0.2) is 0 Å². The van der Waals surface area contributed by atoms with E-state index < -0.39 is 54.7 Å². The summed E-state index contributed by atoms with van der Waals surface area (Å²) in [7, 11) is 0.370. The number of carbonyl (C=O) groups is 8. The summed E-state index contributed by atoms with van der Waals surface area (Å²) >= 11 is 0. The summed E-state index contributed by atoms with van der Waals surface area (Å²) in [6.45, 7) is 0. The fourth-order valence-corrected chi connectivity index (χ4v) is 5.05. The summed E-state index contributed by atoms with van der Waals surface area (Å²) in [6.07, 6.45) is 0.647. The lowest BCUT2D eigenvalue weighted by molar-refractivity contribution is -0.149. The maximum absolute atomic E-state index is 12.3. The lowest BCUT2D eigenvalue weighted by Gasteiger charge is -2.32. The number of fused-ring (bicyclic) bond motifs is 2. The molecule has 0 aromatic heterocycles. The van der Waals surface area contributed by atoms with Crippen LogP contribution in [0.25, 0.3) is 0 Å². The molecule has 2 unspecified atom stereocenters. The molecule has 0 aliphatic carbocycles. The van der Waals surface area contributed by atoms with Gasteiger partial charge in [-0.15, -0.1) is 0 Å². The van der Waals surface area contributed by atoms with E-state index in [2.05, 4.69) is 5.32 Å². The summed E-state index contributed by atoms with van der Waals surface area (Å²) in [4.78, 5) is 98.3. The molecule has 0 saturated carbocycles. The van der Waals surface area contributed by atoms with E-state index in [1.54, 1.807) is 48.5 Å². The number of alkyl halides is 1. The Balaban J connectivity index is 0.000000177. The van der Waals surface area contributed by atoms with Crippen molar-refractivity contribution in [3.63, 3.8) is 0 Å². The highest BCUT2D eigenvalue weighted by atomic mass is 19.1. The molecule has 41 heavy (non-hydrogen) atoms. The van der Waals surface area contributed by atoms with Crippen molar-refractivity contribution in [1.29, 1.82) is 0 Å². The van der Waals surface area contributed by atoms with Crippen molar-refractivity contribution in [3.8, 4) is 0 Å². The van der Waals surface area contributed by atoms with Gasteiger partial charge in [0.25, 0.3) is 29.5 Å². The number of imide groups is 4. The van der Waals surface area contributed by atoms with Gasteiger partial charge in [0.2, 0.25) is 17.7 Å². The number of rotatable bonds is 2. The normalized spacial score (nSPS) is 21.9. The molecule has 2 aromatic carbocycles. The lowest BCUT2D eigenvalue weighted by atomic mass is 10.0. The number of piperidine rings is 2. The van der Waals surface area contributed by atoms with Gasteiger partial charge < -0.3 is 0 Å². The van der Waals surface area contributed by atoms with Gasteiger partial charge in [-0.2, -0.15) is 0 Å². The SMILES string of the molecule is CN1C(=O)CCC(N2C(=O)c3ccccc3C2=O)C1=O.O=C1CCC(N2C(=O)c3ccccc3C2=O)C(=O)N1.[2H]CF. The molecule has 2 atom stereocenters. The first-order valence-electron chi connectivity index (χ1n) is 13.2. The number of hydrogen-bond acceptors (Lipinski definition) is 8. The molecular weight excluding hydrogens is 539 g/mol. The summed E-state index contributed by atoms with van der Waals surface area (Å²) in [6, 6.07) is 11.1. The van der Waals surface area contributed by atoms with Gasteiger partial charge in [0, 0.05) is 19.9 Å². The number of likely N-dealkylation sites (N-methyl/N-ethyl adjacent to an activating group) is 1. The molecule has 0 spiro atoms. The van der Waals surface area contributed by atoms with Crippen molar-refractivity contribution < 1.29 is 44.1 Å². The Labute approximate surface area is 234 Å². The Hall–Kier alpha value is -5.07. The molecule has 1 N–H and O–H groups in total. The second kappa shape index (κ2) is 11.6. The molecule has 13 heteroatoms. The number of hydrogen-bond donors (Lipinski definition) is 1. The average Bonchev–Trinajstić information content (AvgIpc) is 3.38. The van der Waals surface area contributed by atoms with E-state index in [9.17, 15) is 42.7 Å².